The van der Waals surface area contributed by atoms with E-state index in [-0.39, 0.29) is 11.5 Å². The number of benzene rings is 1. The lowest BCUT2D eigenvalue weighted by Gasteiger charge is -2.10. The molecule has 1 heterocycles. The van der Waals surface area contributed by atoms with Crippen LogP contribution in [0.4, 0.5) is 5.95 Å². The van der Waals surface area contributed by atoms with E-state index < -0.39 is 0 Å². The molecule has 0 saturated carbocycles. The number of hydrogen-bond acceptors (Lipinski definition) is 6. The summed E-state index contributed by atoms with van der Waals surface area (Å²) in [5.41, 5.74) is 4.08. The summed E-state index contributed by atoms with van der Waals surface area (Å²) >= 11 is 0. The molecule has 0 bridgehead atoms. The molecule has 134 valence electrons. The molecule has 2 aromatic rings. The molecule has 0 aliphatic rings. The molecule has 0 aliphatic heterocycles. The molecule has 0 aliphatic carbocycles. The Balaban J connectivity index is 2.13. The summed E-state index contributed by atoms with van der Waals surface area (Å²) in [7, 11) is 1.60. The molecule has 1 aromatic carbocycles. The molecule has 0 radical (unpaired) electrons. The second kappa shape index (κ2) is 8.86. The Morgan fingerprint density at radius 3 is 2.80 bits per heavy atom. The van der Waals surface area contributed by atoms with Crippen molar-refractivity contribution in [3.63, 3.8) is 0 Å². The van der Waals surface area contributed by atoms with Gasteiger partial charge >= 0.3 is 0 Å². The molecule has 25 heavy (non-hydrogen) atoms. The van der Waals surface area contributed by atoms with Crippen molar-refractivity contribution >= 4 is 12.2 Å². The van der Waals surface area contributed by atoms with Crippen LogP contribution in [-0.2, 0) is 0 Å². The molecule has 7 heteroatoms. The van der Waals surface area contributed by atoms with E-state index in [9.17, 15) is 4.79 Å². The van der Waals surface area contributed by atoms with Crippen molar-refractivity contribution < 1.29 is 9.47 Å². The standard InChI is InChI=1S/C18H24N4O3/c1-5-8-25-16-9-13(6-7-15(16)24-4)11-19-22-18-20-14(12(2)3)10-17(23)21-18/h6-7,9-12H,5,8H2,1-4H3,(H2,20,21,22,23)/b19-11-. The summed E-state index contributed by atoms with van der Waals surface area (Å²) in [5.74, 6) is 1.81. The SMILES string of the molecule is CCCOc1cc(/C=N\Nc2nc(C(C)C)cc(=O)[nH]2)ccc1OC. The van der Waals surface area contributed by atoms with Crippen LogP contribution in [0, 0.1) is 0 Å². The number of anilines is 1. The Labute approximate surface area is 147 Å². The lowest BCUT2D eigenvalue weighted by molar-refractivity contribution is 0.294. The van der Waals surface area contributed by atoms with E-state index in [0.717, 1.165) is 12.0 Å². The van der Waals surface area contributed by atoms with Gasteiger partial charge < -0.3 is 9.47 Å². The molecule has 0 saturated heterocycles. The molecule has 1 aromatic heterocycles. The van der Waals surface area contributed by atoms with Gasteiger partial charge in [0.1, 0.15) is 0 Å². The maximum Gasteiger partial charge on any atom is 0.252 e. The van der Waals surface area contributed by atoms with Gasteiger partial charge in [0.05, 0.1) is 25.6 Å². The largest absolute Gasteiger partial charge is 0.493 e. The van der Waals surface area contributed by atoms with Crippen LogP contribution in [0.3, 0.4) is 0 Å². The summed E-state index contributed by atoms with van der Waals surface area (Å²) in [6, 6.07) is 7.02. The van der Waals surface area contributed by atoms with Gasteiger partial charge in [-0.3, -0.25) is 9.78 Å². The van der Waals surface area contributed by atoms with Crippen LogP contribution in [-0.4, -0.2) is 29.9 Å². The van der Waals surface area contributed by atoms with E-state index in [2.05, 4.69) is 20.5 Å². The van der Waals surface area contributed by atoms with Crippen LogP contribution in [0.1, 0.15) is 44.4 Å². The fourth-order valence-corrected chi connectivity index (χ4v) is 2.09. The van der Waals surface area contributed by atoms with Crippen molar-refractivity contribution in [2.45, 2.75) is 33.1 Å². The zero-order valence-corrected chi connectivity index (χ0v) is 15.0. The molecular formula is C18H24N4O3. The predicted octanol–water partition coefficient (Wildman–Crippen LogP) is 3.14. The lowest BCUT2D eigenvalue weighted by Crippen LogP contribution is -2.12. The first-order valence-electron chi connectivity index (χ1n) is 8.24. The van der Waals surface area contributed by atoms with Crippen molar-refractivity contribution in [2.24, 2.45) is 5.10 Å². The lowest BCUT2D eigenvalue weighted by atomic mass is 10.1. The van der Waals surface area contributed by atoms with Gasteiger partial charge in [0.25, 0.3) is 5.56 Å². The van der Waals surface area contributed by atoms with Crippen molar-refractivity contribution in [1.29, 1.82) is 0 Å². The van der Waals surface area contributed by atoms with Crippen LogP contribution in [0.15, 0.2) is 34.2 Å². The monoisotopic (exact) mass is 344 g/mol. The van der Waals surface area contributed by atoms with Gasteiger partial charge in [-0.15, -0.1) is 0 Å². The highest BCUT2D eigenvalue weighted by Crippen LogP contribution is 2.27. The fourth-order valence-electron chi connectivity index (χ4n) is 2.09. The first-order valence-corrected chi connectivity index (χ1v) is 8.24. The minimum atomic E-state index is -0.212. The molecular weight excluding hydrogens is 320 g/mol. The summed E-state index contributed by atoms with van der Waals surface area (Å²) in [4.78, 5) is 18.6. The van der Waals surface area contributed by atoms with E-state index in [1.54, 1.807) is 13.3 Å². The molecule has 0 fully saturated rings. The third-order valence-electron chi connectivity index (χ3n) is 3.39. The third kappa shape index (κ3) is 5.34. The van der Waals surface area contributed by atoms with Gasteiger partial charge in [0, 0.05) is 6.07 Å². The topological polar surface area (TPSA) is 88.6 Å². The van der Waals surface area contributed by atoms with E-state index in [1.165, 1.54) is 6.07 Å². The molecule has 0 amide bonds. The molecule has 0 spiro atoms. The molecule has 0 atom stereocenters. The zero-order valence-electron chi connectivity index (χ0n) is 15.0. The maximum absolute atomic E-state index is 11.6. The minimum Gasteiger partial charge on any atom is -0.493 e. The smallest absolute Gasteiger partial charge is 0.252 e. The van der Waals surface area contributed by atoms with Crippen molar-refractivity contribution in [2.75, 3.05) is 19.1 Å². The van der Waals surface area contributed by atoms with Gasteiger partial charge in [-0.05, 0) is 36.1 Å². The van der Waals surface area contributed by atoms with E-state index in [0.29, 0.717) is 29.7 Å². The summed E-state index contributed by atoms with van der Waals surface area (Å²) in [6.45, 7) is 6.61. The van der Waals surface area contributed by atoms with E-state index in [4.69, 9.17) is 9.47 Å². The van der Waals surface area contributed by atoms with Crippen LogP contribution >= 0.6 is 0 Å². The first-order chi connectivity index (χ1) is 12.0. The summed E-state index contributed by atoms with van der Waals surface area (Å²) in [6.07, 6.45) is 2.54. The number of ether oxygens (including phenoxy) is 2. The average Bonchev–Trinajstić information content (AvgIpc) is 2.59. The third-order valence-corrected chi connectivity index (χ3v) is 3.39. The number of aromatic amines is 1. The molecule has 0 unspecified atom stereocenters. The van der Waals surface area contributed by atoms with Crippen LogP contribution in [0.25, 0.3) is 0 Å². The van der Waals surface area contributed by atoms with E-state index in [1.807, 2.05) is 39.0 Å². The van der Waals surface area contributed by atoms with Gasteiger partial charge in [-0.1, -0.05) is 20.8 Å². The number of nitrogens with zero attached hydrogens (tertiary/aromatic N) is 2. The summed E-state index contributed by atoms with van der Waals surface area (Å²) < 4.78 is 11.0. The fraction of sp³-hybridized carbons (Fsp3) is 0.389. The molecule has 2 rings (SSSR count). The Morgan fingerprint density at radius 2 is 2.12 bits per heavy atom. The number of H-pyrrole nitrogens is 1. The number of methoxy groups -OCH3 is 1. The number of rotatable bonds is 8. The maximum atomic E-state index is 11.6. The van der Waals surface area contributed by atoms with Gasteiger partial charge in [-0.25, -0.2) is 10.4 Å². The van der Waals surface area contributed by atoms with Crippen molar-refractivity contribution in [1.82, 2.24) is 9.97 Å². The Bertz CT molecular complexity index is 784. The second-order valence-corrected chi connectivity index (χ2v) is 5.80. The van der Waals surface area contributed by atoms with E-state index >= 15 is 0 Å². The highest BCUT2D eigenvalue weighted by atomic mass is 16.5. The van der Waals surface area contributed by atoms with Crippen LogP contribution < -0.4 is 20.5 Å². The quantitative estimate of drug-likeness (QED) is 0.567. The highest BCUT2D eigenvalue weighted by molar-refractivity contribution is 5.81. The van der Waals surface area contributed by atoms with Gasteiger partial charge in [-0.2, -0.15) is 5.10 Å². The zero-order chi connectivity index (χ0) is 18.2. The molecule has 7 nitrogen and oxygen atoms in total. The van der Waals surface area contributed by atoms with Crippen molar-refractivity contribution in [3.05, 3.63) is 45.9 Å². The molecule has 2 N–H and O–H groups in total. The van der Waals surface area contributed by atoms with Gasteiger partial charge in [0.2, 0.25) is 5.95 Å². The Morgan fingerprint density at radius 1 is 1.32 bits per heavy atom. The highest BCUT2D eigenvalue weighted by Gasteiger charge is 2.06. The normalized spacial score (nSPS) is 11.1. The average molecular weight is 344 g/mol. The number of hydrazone groups is 1. The first kappa shape index (κ1) is 18.5. The second-order valence-electron chi connectivity index (χ2n) is 5.80. The number of hydrogen-bond donors (Lipinski definition) is 2. The number of aromatic nitrogens is 2. The van der Waals surface area contributed by atoms with Crippen molar-refractivity contribution in [3.8, 4) is 11.5 Å². The Kier molecular flexibility index (Phi) is 6.56. The van der Waals surface area contributed by atoms with Gasteiger partial charge in [0.15, 0.2) is 11.5 Å². The van der Waals surface area contributed by atoms with Crippen LogP contribution in [0.2, 0.25) is 0 Å². The van der Waals surface area contributed by atoms with Crippen LogP contribution in [0.5, 0.6) is 11.5 Å². The Hall–Kier alpha value is -2.83. The number of nitrogens with one attached hydrogen (secondary N) is 2. The predicted molar refractivity (Wildman–Crippen MR) is 98.9 cm³/mol. The minimum absolute atomic E-state index is 0.159. The summed E-state index contributed by atoms with van der Waals surface area (Å²) in [5, 5.41) is 4.13.